The van der Waals surface area contributed by atoms with Crippen LogP contribution < -0.4 is 5.32 Å². The van der Waals surface area contributed by atoms with E-state index in [9.17, 15) is 35.9 Å². The van der Waals surface area contributed by atoms with Crippen LogP contribution in [0.15, 0.2) is 60.9 Å². The van der Waals surface area contributed by atoms with E-state index >= 15 is 0 Å². The third-order valence-electron chi connectivity index (χ3n) is 9.63. The molecule has 0 radical (unpaired) electrons. The number of nitrogens with zero attached hydrogens (tertiary/aromatic N) is 4. The van der Waals surface area contributed by atoms with Crippen LogP contribution in [0.3, 0.4) is 0 Å². The molecule has 0 unspecified atom stereocenters. The SMILES string of the molecule is CC.COC(=O)CNC(=O)C1(C(F)(F)F)CCN(CC(F)(F)F)CC1.Cc1cccc2c(-c3nc(CN4CCCCC4)cc4ccncc34)cccc12. The van der Waals surface area contributed by atoms with Crippen LogP contribution in [0.25, 0.3) is 32.8 Å². The summed E-state index contributed by atoms with van der Waals surface area (Å²) in [5.41, 5.74) is 1.89. The van der Waals surface area contributed by atoms with Gasteiger partial charge in [-0.05, 0) is 92.6 Å². The number of esters is 1. The van der Waals surface area contributed by atoms with Gasteiger partial charge in [-0.25, -0.2) is 0 Å². The van der Waals surface area contributed by atoms with Crippen LogP contribution in [0.4, 0.5) is 26.3 Å². The number of pyridine rings is 2. The van der Waals surface area contributed by atoms with Gasteiger partial charge in [0.25, 0.3) is 0 Å². The maximum Gasteiger partial charge on any atom is 0.403 e. The molecule has 288 valence electrons. The first-order valence-corrected chi connectivity index (χ1v) is 17.9. The summed E-state index contributed by atoms with van der Waals surface area (Å²) in [6.45, 7) is 6.35. The van der Waals surface area contributed by atoms with Crippen molar-refractivity contribution in [2.45, 2.75) is 71.8 Å². The minimum Gasteiger partial charge on any atom is -0.468 e. The Morgan fingerprint density at radius 3 is 2.17 bits per heavy atom. The van der Waals surface area contributed by atoms with E-state index in [1.54, 1.807) is 0 Å². The molecular weight excluding hydrogens is 700 g/mol. The molecule has 1 amide bonds. The minimum absolute atomic E-state index is 0.523. The number of hydrogen-bond donors (Lipinski definition) is 1. The number of piperidine rings is 2. The van der Waals surface area contributed by atoms with E-state index in [4.69, 9.17) is 4.98 Å². The molecule has 2 aromatic carbocycles. The van der Waals surface area contributed by atoms with E-state index in [1.165, 1.54) is 59.6 Å². The zero-order valence-electron chi connectivity index (χ0n) is 30.5. The van der Waals surface area contributed by atoms with Crippen LogP contribution in [0.2, 0.25) is 0 Å². The van der Waals surface area contributed by atoms with E-state index in [0.717, 1.165) is 35.3 Å². The minimum atomic E-state index is -4.93. The molecular formula is C39H47F6N5O3. The first kappa shape index (κ1) is 41.5. The number of carbonyl (C=O) groups excluding carboxylic acids is 2. The molecule has 1 N–H and O–H groups in total. The number of rotatable bonds is 7. The smallest absolute Gasteiger partial charge is 0.403 e. The molecule has 0 bridgehead atoms. The van der Waals surface area contributed by atoms with Crippen molar-refractivity contribution in [1.29, 1.82) is 0 Å². The molecule has 0 atom stereocenters. The van der Waals surface area contributed by atoms with Gasteiger partial charge in [-0.2, -0.15) is 26.3 Å². The molecule has 0 aliphatic carbocycles. The predicted molar refractivity (Wildman–Crippen MR) is 193 cm³/mol. The highest BCUT2D eigenvalue weighted by molar-refractivity contribution is 6.04. The number of methoxy groups -OCH3 is 1. The van der Waals surface area contributed by atoms with Crippen LogP contribution in [-0.4, -0.2) is 90.4 Å². The van der Waals surface area contributed by atoms with Crippen LogP contribution in [0.1, 0.15) is 57.2 Å². The van der Waals surface area contributed by atoms with E-state index < -0.39 is 68.7 Å². The van der Waals surface area contributed by atoms with Crippen LogP contribution >= 0.6 is 0 Å². The highest BCUT2D eigenvalue weighted by Gasteiger charge is 2.61. The first-order chi connectivity index (χ1) is 25.2. The number of carbonyl (C=O) groups is 2. The Morgan fingerprint density at radius 1 is 0.868 bits per heavy atom. The van der Waals surface area contributed by atoms with Crippen molar-refractivity contribution < 1.29 is 40.7 Å². The number of hydrogen-bond acceptors (Lipinski definition) is 7. The largest absolute Gasteiger partial charge is 0.468 e. The highest BCUT2D eigenvalue weighted by atomic mass is 19.4. The summed E-state index contributed by atoms with van der Waals surface area (Å²) in [5.74, 6) is -2.35. The van der Waals surface area contributed by atoms with Gasteiger partial charge in [-0.3, -0.25) is 29.4 Å². The molecule has 4 aromatic rings. The zero-order chi connectivity index (χ0) is 38.8. The van der Waals surface area contributed by atoms with Crippen LogP contribution in [0.5, 0.6) is 0 Å². The molecule has 0 saturated carbocycles. The van der Waals surface area contributed by atoms with Crippen molar-refractivity contribution in [2.24, 2.45) is 5.41 Å². The van der Waals surface area contributed by atoms with Gasteiger partial charge in [0.05, 0.1) is 25.0 Å². The quantitative estimate of drug-likeness (QED) is 0.151. The van der Waals surface area contributed by atoms with E-state index in [1.807, 2.05) is 31.6 Å². The van der Waals surface area contributed by atoms with Gasteiger partial charge in [0.2, 0.25) is 5.91 Å². The maximum absolute atomic E-state index is 13.3. The molecule has 2 aliphatic heterocycles. The Labute approximate surface area is 305 Å². The second kappa shape index (κ2) is 18.2. The first-order valence-electron chi connectivity index (χ1n) is 17.9. The van der Waals surface area contributed by atoms with Crippen molar-refractivity contribution in [3.63, 3.8) is 0 Å². The number of nitrogens with one attached hydrogen (secondary N) is 1. The molecule has 14 heteroatoms. The molecule has 2 aliphatic rings. The zero-order valence-corrected chi connectivity index (χ0v) is 30.5. The van der Waals surface area contributed by atoms with Gasteiger partial charge < -0.3 is 10.1 Å². The fourth-order valence-electron chi connectivity index (χ4n) is 6.83. The van der Waals surface area contributed by atoms with Crippen molar-refractivity contribution in [2.75, 3.05) is 46.4 Å². The molecule has 53 heavy (non-hydrogen) atoms. The van der Waals surface area contributed by atoms with Crippen molar-refractivity contribution >= 4 is 33.4 Å². The number of aryl methyl sites for hydroxylation is 1. The molecule has 6 rings (SSSR count). The molecule has 4 heterocycles. The predicted octanol–water partition coefficient (Wildman–Crippen LogP) is 8.25. The highest BCUT2D eigenvalue weighted by Crippen LogP contribution is 2.47. The van der Waals surface area contributed by atoms with Crippen molar-refractivity contribution in [3.8, 4) is 11.3 Å². The molecule has 0 spiro atoms. The topological polar surface area (TPSA) is 87.7 Å². The lowest BCUT2D eigenvalue weighted by molar-refractivity contribution is -0.236. The monoisotopic (exact) mass is 747 g/mol. The Kier molecular flexibility index (Phi) is 14.2. The van der Waals surface area contributed by atoms with Crippen molar-refractivity contribution in [3.05, 3.63) is 72.2 Å². The third kappa shape index (κ3) is 10.4. The van der Waals surface area contributed by atoms with Crippen LogP contribution in [-0.2, 0) is 20.9 Å². The molecule has 2 aromatic heterocycles. The number of aromatic nitrogens is 2. The van der Waals surface area contributed by atoms with Gasteiger partial charge in [-0.1, -0.05) is 56.7 Å². The lowest BCUT2D eigenvalue weighted by Gasteiger charge is -2.41. The summed E-state index contributed by atoms with van der Waals surface area (Å²) in [6, 6.07) is 17.4. The number of halogens is 6. The fourth-order valence-corrected chi connectivity index (χ4v) is 6.83. The number of amides is 1. The number of ether oxygens (including phenoxy) is 1. The number of benzene rings is 2. The average Bonchev–Trinajstić information content (AvgIpc) is 3.14. The normalized spacial score (nSPS) is 16.6. The number of fused-ring (bicyclic) bond motifs is 2. The van der Waals surface area contributed by atoms with Crippen LogP contribution in [0, 0.1) is 12.3 Å². The van der Waals surface area contributed by atoms with Gasteiger partial charge >= 0.3 is 18.3 Å². The number of alkyl halides is 6. The summed E-state index contributed by atoms with van der Waals surface area (Å²) < 4.78 is 80.9. The van der Waals surface area contributed by atoms with E-state index in [-0.39, 0.29) is 0 Å². The van der Waals surface area contributed by atoms with E-state index in [2.05, 4.69) is 70.1 Å². The Bertz CT molecular complexity index is 1830. The molecule has 2 fully saturated rings. The summed E-state index contributed by atoms with van der Waals surface area (Å²) in [4.78, 5) is 35.7. The maximum atomic E-state index is 13.3. The number of likely N-dealkylation sites (tertiary alicyclic amines) is 2. The standard InChI is InChI=1S/C25H25N3.C12H16F6N2O3.C2H6/c1-18-7-5-9-22-21(18)8-6-10-23(22)25-24-16-26-12-11-19(24)15-20(27-25)17-28-13-3-2-4-14-28;1-23-8(21)6-19-9(22)10(12(16,17)18)2-4-20(5-3-10)7-11(13,14)15;1-2/h5-12,15-16H,2-4,13-14,17H2,1H3;2-7H2,1H3,(H,19,22);1-2H3. The second-order valence-electron chi connectivity index (χ2n) is 13.1. The Morgan fingerprint density at radius 2 is 1.53 bits per heavy atom. The summed E-state index contributed by atoms with van der Waals surface area (Å²) in [6.07, 6.45) is -3.28. The summed E-state index contributed by atoms with van der Waals surface area (Å²) in [7, 11) is 1.00. The Hall–Kier alpha value is -4.30. The van der Waals surface area contributed by atoms with E-state index in [0.29, 0.717) is 0 Å². The van der Waals surface area contributed by atoms with Gasteiger partial charge in [-0.15, -0.1) is 0 Å². The summed E-state index contributed by atoms with van der Waals surface area (Å²) >= 11 is 0. The summed E-state index contributed by atoms with van der Waals surface area (Å²) in [5, 5.41) is 6.73. The van der Waals surface area contributed by atoms with Crippen molar-refractivity contribution in [1.82, 2.24) is 25.1 Å². The average molecular weight is 748 g/mol. The lowest BCUT2D eigenvalue weighted by atomic mass is 9.76. The molecule has 8 nitrogen and oxygen atoms in total. The van der Waals surface area contributed by atoms with Gasteiger partial charge in [0.15, 0.2) is 0 Å². The van der Waals surface area contributed by atoms with Gasteiger partial charge in [0, 0.05) is 29.9 Å². The third-order valence-corrected chi connectivity index (χ3v) is 9.63. The molecule has 2 saturated heterocycles. The lowest BCUT2D eigenvalue weighted by Crippen LogP contribution is -2.57. The van der Waals surface area contributed by atoms with Gasteiger partial charge in [0.1, 0.15) is 12.0 Å². The Balaban J connectivity index is 0.000000231. The fraction of sp³-hybridized carbons (Fsp3) is 0.487. The second-order valence-corrected chi connectivity index (χ2v) is 13.1.